The molecule has 10 heteroatoms. The van der Waals surface area contributed by atoms with Crippen molar-refractivity contribution in [2.24, 2.45) is 5.92 Å². The van der Waals surface area contributed by atoms with Gasteiger partial charge in [0.1, 0.15) is 10.5 Å². The van der Waals surface area contributed by atoms with Gasteiger partial charge in [-0.25, -0.2) is 9.78 Å². The third-order valence-electron chi connectivity index (χ3n) is 6.23. The van der Waals surface area contributed by atoms with Crippen molar-refractivity contribution in [2.75, 3.05) is 0 Å². The van der Waals surface area contributed by atoms with Crippen molar-refractivity contribution in [3.05, 3.63) is 56.7 Å². The molecule has 3 heterocycles. The molecule has 1 aromatic carbocycles. The Kier molecular flexibility index (Phi) is 7.15. The van der Waals surface area contributed by atoms with Gasteiger partial charge in [-0.3, -0.25) is 9.32 Å². The highest BCUT2D eigenvalue weighted by Crippen LogP contribution is 2.48. The number of benzene rings is 1. The molecule has 2 atom stereocenters. The van der Waals surface area contributed by atoms with E-state index in [1.54, 1.807) is 11.1 Å². The van der Waals surface area contributed by atoms with Crippen LogP contribution in [-0.4, -0.2) is 37.4 Å². The number of thiazole rings is 1. The molecule has 35 heavy (non-hydrogen) atoms. The quantitative estimate of drug-likeness (QED) is 0.343. The number of esters is 1. The van der Waals surface area contributed by atoms with Crippen LogP contribution in [0.25, 0.3) is 0 Å². The highest BCUT2D eigenvalue weighted by Gasteiger charge is 2.56. The third-order valence-corrected chi connectivity index (χ3v) is 7.76. The number of likely N-dealkylation sites (tertiary alicyclic amines) is 1. The average Bonchev–Trinajstić information content (AvgIpc) is 3.53. The lowest BCUT2D eigenvalue weighted by Crippen LogP contribution is -2.56. The van der Waals surface area contributed by atoms with Crippen LogP contribution in [0.2, 0.25) is 0 Å². The molecule has 1 saturated heterocycles. The van der Waals surface area contributed by atoms with Crippen molar-refractivity contribution < 1.29 is 18.8 Å². The van der Waals surface area contributed by atoms with Gasteiger partial charge in [-0.05, 0) is 48.3 Å². The number of hydrogen-bond donors (Lipinski definition) is 0. The van der Waals surface area contributed by atoms with E-state index in [0.717, 1.165) is 15.0 Å². The zero-order valence-corrected chi connectivity index (χ0v) is 22.9. The van der Waals surface area contributed by atoms with Gasteiger partial charge in [0.15, 0.2) is 6.33 Å². The molecule has 1 fully saturated rings. The molecule has 1 aliphatic rings. The zero-order chi connectivity index (χ0) is 25.4. The van der Waals surface area contributed by atoms with E-state index in [2.05, 4.69) is 51.8 Å². The second-order valence-corrected chi connectivity index (χ2v) is 12.1. The number of carbonyl (C=O) groups is 2. The van der Waals surface area contributed by atoms with Crippen molar-refractivity contribution in [1.29, 1.82) is 0 Å². The van der Waals surface area contributed by atoms with E-state index in [0.29, 0.717) is 24.8 Å². The first-order chi connectivity index (χ1) is 16.5. The molecule has 3 aromatic rings. The molecule has 0 N–H and O–H groups in total. The molecule has 4 rings (SSSR count). The van der Waals surface area contributed by atoms with Gasteiger partial charge in [0, 0.05) is 21.6 Å². The first-order valence-electron chi connectivity index (χ1n) is 11.5. The Balaban J connectivity index is 1.80. The maximum Gasteiger partial charge on any atom is 0.425 e. The zero-order valence-electron chi connectivity index (χ0n) is 20.4. The van der Waals surface area contributed by atoms with Crippen molar-refractivity contribution >= 4 is 39.1 Å². The molecular weight excluding hydrogens is 532 g/mol. The second kappa shape index (κ2) is 9.81. The maximum atomic E-state index is 14.2. The molecular formula is C25H29BrN4O4S. The summed E-state index contributed by atoms with van der Waals surface area (Å²) in [5.74, 6) is -0.703. The molecule has 0 radical (unpaired) electrons. The summed E-state index contributed by atoms with van der Waals surface area (Å²) in [6, 6.07) is 5.28. The van der Waals surface area contributed by atoms with Gasteiger partial charge in [0.2, 0.25) is 0 Å². The summed E-state index contributed by atoms with van der Waals surface area (Å²) >= 11 is 5.13. The van der Waals surface area contributed by atoms with E-state index < -0.39 is 11.5 Å². The van der Waals surface area contributed by atoms with E-state index in [9.17, 15) is 9.59 Å². The number of aromatic nitrogens is 3. The van der Waals surface area contributed by atoms with E-state index in [4.69, 9.17) is 9.26 Å². The molecule has 0 saturated carbocycles. The Morgan fingerprint density at radius 3 is 2.66 bits per heavy atom. The topological polar surface area (TPSA) is 98.4 Å². The monoisotopic (exact) mass is 560 g/mol. The Labute approximate surface area is 217 Å². The molecule has 1 amide bonds. The van der Waals surface area contributed by atoms with Gasteiger partial charge in [0.25, 0.3) is 5.91 Å². The van der Waals surface area contributed by atoms with Crippen molar-refractivity contribution in [1.82, 2.24) is 20.0 Å². The summed E-state index contributed by atoms with van der Waals surface area (Å²) in [6.45, 7) is 10.4. The molecule has 1 aliphatic heterocycles. The summed E-state index contributed by atoms with van der Waals surface area (Å²) in [5.41, 5.74) is 0.293. The van der Waals surface area contributed by atoms with E-state index in [-0.39, 0.29) is 29.4 Å². The van der Waals surface area contributed by atoms with E-state index >= 15 is 0 Å². The van der Waals surface area contributed by atoms with Crippen LogP contribution in [0.4, 0.5) is 0 Å². The number of nitrogens with zero attached hydrogens (tertiary/aromatic N) is 4. The van der Waals surface area contributed by atoms with Crippen LogP contribution in [0.15, 0.2) is 45.1 Å². The minimum Gasteiger partial charge on any atom is -0.374 e. The van der Waals surface area contributed by atoms with Gasteiger partial charge < -0.3 is 9.64 Å². The highest BCUT2D eigenvalue weighted by molar-refractivity contribution is 9.10. The largest absolute Gasteiger partial charge is 0.425 e. The van der Waals surface area contributed by atoms with Crippen LogP contribution < -0.4 is 4.74 Å². The predicted octanol–water partition coefficient (Wildman–Crippen LogP) is 5.95. The Hall–Kier alpha value is -2.59. The minimum absolute atomic E-state index is 0.0905. The summed E-state index contributed by atoms with van der Waals surface area (Å²) in [7, 11) is 0. The number of carbonyl (C=O) groups excluding carboxylic acids is 2. The number of hydrogen-bond acceptors (Lipinski definition) is 8. The smallest absolute Gasteiger partial charge is 0.374 e. The van der Waals surface area contributed by atoms with Gasteiger partial charge >= 0.3 is 12.0 Å². The standard InChI is InChI=1S/C25H29BrN4O4S/c1-15(2)13-25(22(32)33-23-28-14-29-34-23)9-8-19(20-27-10-11-35-20)30(25)21(31)16-6-7-17(18(26)12-16)24(3,4)5/h6-7,10-12,14-15,19H,8-9,13H2,1-5H3/t19-,25+/m1/s1. The number of halogens is 1. The highest BCUT2D eigenvalue weighted by atomic mass is 79.9. The normalized spacial score (nSPS) is 20.4. The molecule has 186 valence electrons. The van der Waals surface area contributed by atoms with E-state index in [1.165, 1.54) is 17.7 Å². The SMILES string of the molecule is CC(C)C[C@]1(C(=O)Oc2ncno2)CC[C@H](c2nccs2)N1C(=O)c1ccc(C(C)(C)C)c(Br)c1. The number of rotatable bonds is 6. The van der Waals surface area contributed by atoms with Crippen molar-refractivity contribution in [3.8, 4) is 6.08 Å². The Morgan fingerprint density at radius 2 is 2.09 bits per heavy atom. The molecule has 0 unspecified atom stereocenters. The van der Waals surface area contributed by atoms with Crippen LogP contribution in [0.1, 0.15) is 80.9 Å². The fourth-order valence-corrected chi connectivity index (χ4v) is 6.57. The maximum absolute atomic E-state index is 14.2. The molecule has 0 aliphatic carbocycles. The summed E-state index contributed by atoms with van der Waals surface area (Å²) < 4.78 is 11.3. The second-order valence-electron chi connectivity index (χ2n) is 10.3. The average molecular weight is 562 g/mol. The van der Waals surface area contributed by atoms with Gasteiger partial charge in [0.05, 0.1) is 6.04 Å². The molecule has 8 nitrogen and oxygen atoms in total. The van der Waals surface area contributed by atoms with E-state index in [1.807, 2.05) is 37.4 Å². The van der Waals surface area contributed by atoms with Crippen LogP contribution in [0.5, 0.6) is 6.08 Å². The fourth-order valence-electron chi connectivity index (χ4n) is 4.83. The molecule has 2 aromatic heterocycles. The summed E-state index contributed by atoms with van der Waals surface area (Å²) in [6.07, 6.45) is 4.11. The summed E-state index contributed by atoms with van der Waals surface area (Å²) in [4.78, 5) is 37.9. The minimum atomic E-state index is -1.20. The van der Waals surface area contributed by atoms with Crippen LogP contribution in [-0.2, 0) is 10.2 Å². The molecule has 0 spiro atoms. The van der Waals surface area contributed by atoms with Gasteiger partial charge in [-0.2, -0.15) is 4.98 Å². The van der Waals surface area contributed by atoms with Gasteiger partial charge in [-0.15, -0.1) is 11.3 Å². The van der Waals surface area contributed by atoms with Gasteiger partial charge in [-0.1, -0.05) is 61.8 Å². The lowest BCUT2D eigenvalue weighted by atomic mass is 9.85. The number of amides is 1. The number of ether oxygens (including phenoxy) is 1. The fraction of sp³-hybridized carbons (Fsp3) is 0.480. The Bertz CT molecular complexity index is 1190. The summed E-state index contributed by atoms with van der Waals surface area (Å²) in [5, 5.41) is 6.20. The first kappa shape index (κ1) is 25.5. The third kappa shape index (κ3) is 5.04. The molecule has 0 bridgehead atoms. The van der Waals surface area contributed by atoms with Crippen LogP contribution in [0.3, 0.4) is 0 Å². The Morgan fingerprint density at radius 1 is 1.31 bits per heavy atom. The lowest BCUT2D eigenvalue weighted by molar-refractivity contribution is -0.149. The van der Waals surface area contributed by atoms with Crippen LogP contribution >= 0.6 is 27.3 Å². The van der Waals surface area contributed by atoms with Crippen molar-refractivity contribution in [2.45, 2.75) is 70.9 Å². The first-order valence-corrected chi connectivity index (χ1v) is 13.2. The lowest BCUT2D eigenvalue weighted by Gasteiger charge is -2.39. The van der Waals surface area contributed by atoms with Crippen molar-refractivity contribution in [3.63, 3.8) is 0 Å². The van der Waals surface area contributed by atoms with Crippen LogP contribution in [0, 0.1) is 5.92 Å². The predicted molar refractivity (Wildman–Crippen MR) is 135 cm³/mol.